The Bertz CT molecular complexity index is 322. The van der Waals surface area contributed by atoms with Crippen LogP contribution in [0, 0.1) is 11.3 Å². The Morgan fingerprint density at radius 2 is 2.33 bits per heavy atom. The van der Waals surface area contributed by atoms with E-state index < -0.39 is 6.10 Å². The molecule has 82 valence electrons. The lowest BCUT2D eigenvalue weighted by Crippen LogP contribution is -2.47. The van der Waals surface area contributed by atoms with Crippen LogP contribution in [0.3, 0.4) is 0 Å². The lowest BCUT2D eigenvalue weighted by molar-refractivity contribution is -0.0625. The molecule has 1 aromatic heterocycles. The van der Waals surface area contributed by atoms with Crippen molar-refractivity contribution in [3.8, 4) is 0 Å². The summed E-state index contributed by atoms with van der Waals surface area (Å²) < 4.78 is 0. The fourth-order valence-electron chi connectivity index (χ4n) is 2.60. The van der Waals surface area contributed by atoms with Crippen molar-refractivity contribution in [1.29, 1.82) is 0 Å². The van der Waals surface area contributed by atoms with Crippen molar-refractivity contribution in [2.24, 2.45) is 17.1 Å². The standard InChI is InChI=1S/C11H17N3O/c1-8-4-11(5-8,7-12)10(15)9-6-13-2-3-14-9/h2-3,6,8,10,15H,4-5,7,12H2,1H3/t8?,10-,11?/m1/s1. The Kier molecular flexibility index (Phi) is 2.71. The molecule has 2 rings (SSSR count). The Labute approximate surface area is 89.6 Å². The molecule has 4 heteroatoms. The molecular weight excluding hydrogens is 190 g/mol. The molecule has 0 spiro atoms. The minimum Gasteiger partial charge on any atom is -0.386 e. The van der Waals surface area contributed by atoms with Gasteiger partial charge in [0.05, 0.1) is 11.9 Å². The summed E-state index contributed by atoms with van der Waals surface area (Å²) in [5.74, 6) is 0.653. The molecule has 3 N–H and O–H groups in total. The van der Waals surface area contributed by atoms with E-state index >= 15 is 0 Å². The maximum Gasteiger partial charge on any atom is 0.104 e. The van der Waals surface area contributed by atoms with Gasteiger partial charge >= 0.3 is 0 Å². The lowest BCUT2D eigenvalue weighted by atomic mass is 9.59. The number of nitrogens with zero attached hydrogens (tertiary/aromatic N) is 2. The maximum absolute atomic E-state index is 10.2. The van der Waals surface area contributed by atoms with Gasteiger partial charge in [-0.05, 0) is 18.8 Å². The second-order valence-electron chi connectivity index (χ2n) is 4.61. The third-order valence-corrected chi connectivity index (χ3v) is 3.36. The molecule has 1 aliphatic carbocycles. The van der Waals surface area contributed by atoms with Crippen molar-refractivity contribution in [3.63, 3.8) is 0 Å². The monoisotopic (exact) mass is 207 g/mol. The average molecular weight is 207 g/mol. The molecule has 0 amide bonds. The normalized spacial score (nSPS) is 32.1. The van der Waals surface area contributed by atoms with E-state index in [0.717, 1.165) is 12.8 Å². The van der Waals surface area contributed by atoms with Gasteiger partial charge in [-0.15, -0.1) is 0 Å². The average Bonchev–Trinajstić information content (AvgIpc) is 2.25. The van der Waals surface area contributed by atoms with E-state index in [-0.39, 0.29) is 5.41 Å². The predicted octanol–water partition coefficient (Wildman–Crippen LogP) is 0.885. The number of aliphatic hydroxyl groups is 1. The summed E-state index contributed by atoms with van der Waals surface area (Å²) in [4.78, 5) is 8.10. The number of aliphatic hydroxyl groups excluding tert-OH is 1. The zero-order valence-corrected chi connectivity index (χ0v) is 8.93. The van der Waals surface area contributed by atoms with Gasteiger partial charge in [0, 0.05) is 24.4 Å². The van der Waals surface area contributed by atoms with Gasteiger partial charge in [-0.2, -0.15) is 0 Å². The van der Waals surface area contributed by atoms with E-state index in [1.807, 2.05) is 0 Å². The van der Waals surface area contributed by atoms with Crippen molar-refractivity contribution >= 4 is 0 Å². The first kappa shape index (κ1) is 10.5. The Morgan fingerprint density at radius 3 is 2.80 bits per heavy atom. The van der Waals surface area contributed by atoms with Crippen molar-refractivity contribution in [2.75, 3.05) is 6.54 Å². The molecule has 1 atom stereocenters. The summed E-state index contributed by atoms with van der Waals surface area (Å²) in [5, 5.41) is 10.2. The molecule has 0 unspecified atom stereocenters. The van der Waals surface area contributed by atoms with Crippen LogP contribution in [0.15, 0.2) is 18.6 Å². The summed E-state index contributed by atoms with van der Waals surface area (Å²) in [5.41, 5.74) is 6.22. The number of nitrogens with two attached hydrogens (primary N) is 1. The molecule has 1 saturated carbocycles. The predicted molar refractivity (Wildman–Crippen MR) is 56.9 cm³/mol. The highest BCUT2D eigenvalue weighted by Crippen LogP contribution is 2.52. The van der Waals surface area contributed by atoms with E-state index in [1.54, 1.807) is 18.6 Å². The van der Waals surface area contributed by atoms with E-state index in [4.69, 9.17) is 5.73 Å². The number of hydrogen-bond donors (Lipinski definition) is 2. The van der Waals surface area contributed by atoms with Gasteiger partial charge in [0.1, 0.15) is 6.10 Å². The maximum atomic E-state index is 10.2. The minimum atomic E-state index is -0.576. The Hall–Kier alpha value is -1.00. The van der Waals surface area contributed by atoms with Crippen molar-refractivity contribution in [1.82, 2.24) is 9.97 Å². The van der Waals surface area contributed by atoms with Crippen LogP contribution in [0.25, 0.3) is 0 Å². The third kappa shape index (κ3) is 1.75. The zero-order chi connectivity index (χ0) is 10.9. The first-order valence-electron chi connectivity index (χ1n) is 5.32. The first-order valence-corrected chi connectivity index (χ1v) is 5.32. The minimum absolute atomic E-state index is 0.171. The second-order valence-corrected chi connectivity index (χ2v) is 4.61. The van der Waals surface area contributed by atoms with Gasteiger partial charge in [0.15, 0.2) is 0 Å². The number of rotatable bonds is 3. The molecule has 1 aliphatic rings. The van der Waals surface area contributed by atoms with Gasteiger partial charge < -0.3 is 10.8 Å². The van der Waals surface area contributed by atoms with Crippen LogP contribution in [-0.2, 0) is 0 Å². The van der Waals surface area contributed by atoms with Crippen molar-refractivity contribution in [2.45, 2.75) is 25.9 Å². The molecule has 0 aromatic carbocycles. The van der Waals surface area contributed by atoms with Crippen LogP contribution < -0.4 is 5.73 Å². The molecule has 15 heavy (non-hydrogen) atoms. The van der Waals surface area contributed by atoms with Gasteiger partial charge in [-0.25, -0.2) is 0 Å². The summed E-state index contributed by atoms with van der Waals surface area (Å²) >= 11 is 0. The van der Waals surface area contributed by atoms with Gasteiger partial charge in [0.2, 0.25) is 0 Å². The van der Waals surface area contributed by atoms with Crippen molar-refractivity contribution in [3.05, 3.63) is 24.3 Å². The number of aromatic nitrogens is 2. The van der Waals surface area contributed by atoms with Crippen LogP contribution in [0.5, 0.6) is 0 Å². The molecular formula is C11H17N3O. The summed E-state index contributed by atoms with van der Waals surface area (Å²) in [6.45, 7) is 2.69. The topological polar surface area (TPSA) is 72.0 Å². The van der Waals surface area contributed by atoms with E-state index in [2.05, 4.69) is 16.9 Å². The molecule has 0 radical (unpaired) electrons. The van der Waals surface area contributed by atoms with Gasteiger partial charge in [-0.3, -0.25) is 9.97 Å². The highest BCUT2D eigenvalue weighted by molar-refractivity contribution is 5.09. The molecule has 1 aromatic rings. The summed E-state index contributed by atoms with van der Waals surface area (Å²) in [6, 6.07) is 0. The highest BCUT2D eigenvalue weighted by atomic mass is 16.3. The lowest BCUT2D eigenvalue weighted by Gasteiger charge is -2.48. The van der Waals surface area contributed by atoms with Crippen LogP contribution in [0.1, 0.15) is 31.6 Å². The molecule has 1 fully saturated rings. The third-order valence-electron chi connectivity index (χ3n) is 3.36. The molecule has 1 heterocycles. The van der Waals surface area contributed by atoms with Crippen LogP contribution in [0.2, 0.25) is 0 Å². The van der Waals surface area contributed by atoms with Crippen LogP contribution >= 0.6 is 0 Å². The van der Waals surface area contributed by atoms with E-state index in [0.29, 0.717) is 18.2 Å². The molecule has 4 nitrogen and oxygen atoms in total. The fourth-order valence-corrected chi connectivity index (χ4v) is 2.60. The first-order chi connectivity index (χ1) is 7.18. The quantitative estimate of drug-likeness (QED) is 0.772. The van der Waals surface area contributed by atoms with Crippen LogP contribution in [-0.4, -0.2) is 21.6 Å². The van der Waals surface area contributed by atoms with Crippen LogP contribution in [0.4, 0.5) is 0 Å². The Morgan fingerprint density at radius 1 is 1.60 bits per heavy atom. The van der Waals surface area contributed by atoms with Crippen molar-refractivity contribution < 1.29 is 5.11 Å². The smallest absolute Gasteiger partial charge is 0.104 e. The van der Waals surface area contributed by atoms with E-state index in [9.17, 15) is 5.11 Å². The molecule has 0 aliphatic heterocycles. The fraction of sp³-hybridized carbons (Fsp3) is 0.636. The summed E-state index contributed by atoms with van der Waals surface area (Å²) in [6.07, 6.45) is 6.19. The van der Waals surface area contributed by atoms with Gasteiger partial charge in [-0.1, -0.05) is 6.92 Å². The molecule has 0 bridgehead atoms. The van der Waals surface area contributed by atoms with E-state index in [1.165, 1.54) is 0 Å². The van der Waals surface area contributed by atoms with Gasteiger partial charge in [0.25, 0.3) is 0 Å². The number of hydrogen-bond acceptors (Lipinski definition) is 4. The Balaban J connectivity index is 2.17. The zero-order valence-electron chi connectivity index (χ0n) is 8.93. The largest absolute Gasteiger partial charge is 0.386 e. The SMILES string of the molecule is CC1CC(CN)([C@H](O)c2cnccn2)C1. The summed E-state index contributed by atoms with van der Waals surface area (Å²) in [7, 11) is 0. The molecule has 0 saturated heterocycles. The second kappa shape index (κ2) is 3.87. The highest BCUT2D eigenvalue weighted by Gasteiger charge is 2.47.